The van der Waals surface area contributed by atoms with Gasteiger partial charge in [-0.15, -0.1) is 0 Å². The number of ether oxygens (including phenoxy) is 1. The maximum absolute atomic E-state index is 12.8. The van der Waals surface area contributed by atoms with Gasteiger partial charge in [-0.05, 0) is 38.2 Å². The number of nitrogens with zero attached hydrogens (tertiary/aromatic N) is 2. The van der Waals surface area contributed by atoms with E-state index in [9.17, 15) is 19.2 Å². The zero-order chi connectivity index (χ0) is 22.3. The van der Waals surface area contributed by atoms with Crippen LogP contribution in [0.1, 0.15) is 51.0 Å². The smallest absolute Gasteiger partial charge is 0.326 e. The molecule has 0 spiro atoms. The van der Waals surface area contributed by atoms with Crippen LogP contribution in [0.5, 0.6) is 0 Å². The third kappa shape index (κ3) is 6.06. The van der Waals surface area contributed by atoms with Crippen molar-refractivity contribution in [3.05, 3.63) is 35.9 Å². The first-order chi connectivity index (χ1) is 14.9. The fourth-order valence-electron chi connectivity index (χ4n) is 4.00. The Morgan fingerprint density at radius 3 is 2.35 bits per heavy atom. The van der Waals surface area contributed by atoms with Crippen LogP contribution in [0.25, 0.3) is 0 Å². The number of likely N-dealkylation sites (tertiary alicyclic amines) is 1. The lowest BCUT2D eigenvalue weighted by atomic mass is 9.93. The summed E-state index contributed by atoms with van der Waals surface area (Å²) in [6, 6.07) is 9.06. The predicted octanol–water partition coefficient (Wildman–Crippen LogP) is 2.27. The molecule has 0 unspecified atom stereocenters. The highest BCUT2D eigenvalue weighted by Gasteiger charge is 2.48. The van der Waals surface area contributed by atoms with Crippen molar-refractivity contribution in [2.24, 2.45) is 0 Å². The summed E-state index contributed by atoms with van der Waals surface area (Å²) in [6.07, 6.45) is 6.31. The molecule has 8 nitrogen and oxygen atoms in total. The van der Waals surface area contributed by atoms with E-state index in [0.717, 1.165) is 36.1 Å². The van der Waals surface area contributed by atoms with Crippen molar-refractivity contribution in [3.8, 4) is 0 Å². The molecular weight excluding hydrogens is 398 g/mol. The summed E-state index contributed by atoms with van der Waals surface area (Å²) in [5.74, 6) is -1.46. The molecule has 1 aromatic rings. The average molecular weight is 430 g/mol. The van der Waals surface area contributed by atoms with Crippen LogP contribution >= 0.6 is 0 Å². The van der Waals surface area contributed by atoms with Gasteiger partial charge in [0.25, 0.3) is 11.8 Å². The van der Waals surface area contributed by atoms with E-state index in [1.54, 1.807) is 11.8 Å². The van der Waals surface area contributed by atoms with Gasteiger partial charge in [-0.3, -0.25) is 19.3 Å². The van der Waals surface area contributed by atoms with Crippen molar-refractivity contribution >= 4 is 23.8 Å². The number of amides is 4. The van der Waals surface area contributed by atoms with E-state index in [2.05, 4.69) is 5.32 Å². The first-order valence-electron chi connectivity index (χ1n) is 11.0. The van der Waals surface area contributed by atoms with Crippen LogP contribution in [0.3, 0.4) is 0 Å². The standard InChI is InChI=1S/C23H31N3O5/c1-23(13-12-18-10-6-5-7-11-18)21(29)26(22(30)24-23)16-20(28)31-17-19(27)25-14-8-3-2-4-9-15-25/h5-7,10-11H,2-4,8-9,12-17H2,1H3,(H,24,30)/t23-/m1/s1. The van der Waals surface area contributed by atoms with E-state index in [-0.39, 0.29) is 12.5 Å². The lowest BCUT2D eigenvalue weighted by Gasteiger charge is -2.24. The third-order valence-corrected chi connectivity index (χ3v) is 5.95. The second-order valence-corrected chi connectivity index (χ2v) is 8.45. The Labute approximate surface area is 182 Å². The molecule has 8 heteroatoms. The average Bonchev–Trinajstić information content (AvgIpc) is 2.94. The number of imide groups is 1. The molecule has 1 aromatic carbocycles. The summed E-state index contributed by atoms with van der Waals surface area (Å²) >= 11 is 0. The minimum Gasteiger partial charge on any atom is -0.454 e. The molecule has 0 aliphatic carbocycles. The van der Waals surface area contributed by atoms with Gasteiger partial charge in [0.1, 0.15) is 12.1 Å². The number of hydrogen-bond donors (Lipinski definition) is 1. The van der Waals surface area contributed by atoms with Crippen LogP contribution < -0.4 is 5.32 Å². The monoisotopic (exact) mass is 429 g/mol. The largest absolute Gasteiger partial charge is 0.454 e. The highest BCUT2D eigenvalue weighted by molar-refractivity contribution is 6.08. The number of aryl methyl sites for hydroxylation is 1. The Hall–Kier alpha value is -2.90. The maximum atomic E-state index is 12.8. The Kier molecular flexibility index (Phi) is 7.65. The maximum Gasteiger partial charge on any atom is 0.326 e. The fraction of sp³-hybridized carbons (Fsp3) is 0.565. The van der Waals surface area contributed by atoms with E-state index in [4.69, 9.17) is 4.74 Å². The number of benzene rings is 1. The van der Waals surface area contributed by atoms with Gasteiger partial charge >= 0.3 is 12.0 Å². The normalized spacial score (nSPS) is 22.0. The van der Waals surface area contributed by atoms with E-state index in [0.29, 0.717) is 25.9 Å². The van der Waals surface area contributed by atoms with Gasteiger partial charge in [-0.1, -0.05) is 49.6 Å². The molecule has 168 valence electrons. The molecule has 0 aromatic heterocycles. The number of nitrogens with one attached hydrogen (secondary N) is 1. The molecule has 2 aliphatic heterocycles. The Morgan fingerprint density at radius 2 is 1.68 bits per heavy atom. The van der Waals surface area contributed by atoms with E-state index >= 15 is 0 Å². The number of esters is 1. The van der Waals surface area contributed by atoms with Gasteiger partial charge in [-0.25, -0.2) is 4.79 Å². The van der Waals surface area contributed by atoms with Crippen LogP contribution in [0, 0.1) is 0 Å². The van der Waals surface area contributed by atoms with Crippen LogP contribution in [-0.2, 0) is 25.5 Å². The topological polar surface area (TPSA) is 96.0 Å². The number of hydrogen-bond acceptors (Lipinski definition) is 5. The van der Waals surface area contributed by atoms with Crippen LogP contribution in [0.15, 0.2) is 30.3 Å². The van der Waals surface area contributed by atoms with Gasteiger partial charge in [0.2, 0.25) is 0 Å². The van der Waals surface area contributed by atoms with Gasteiger partial charge in [-0.2, -0.15) is 0 Å². The summed E-state index contributed by atoms with van der Waals surface area (Å²) in [6.45, 7) is 2.13. The molecule has 4 amide bonds. The van der Waals surface area contributed by atoms with Crippen molar-refractivity contribution in [2.75, 3.05) is 26.2 Å². The number of carbonyl (C=O) groups is 4. The third-order valence-electron chi connectivity index (χ3n) is 5.95. The Balaban J connectivity index is 1.48. The molecule has 31 heavy (non-hydrogen) atoms. The van der Waals surface area contributed by atoms with Gasteiger partial charge < -0.3 is 15.0 Å². The number of carbonyl (C=O) groups excluding carboxylic acids is 4. The van der Waals surface area contributed by atoms with Crippen molar-refractivity contribution in [3.63, 3.8) is 0 Å². The van der Waals surface area contributed by atoms with Crippen molar-refractivity contribution in [1.29, 1.82) is 0 Å². The van der Waals surface area contributed by atoms with Gasteiger partial charge in [0.05, 0.1) is 0 Å². The van der Waals surface area contributed by atoms with Crippen molar-refractivity contribution in [1.82, 2.24) is 15.1 Å². The summed E-state index contributed by atoms with van der Waals surface area (Å²) in [7, 11) is 0. The molecule has 2 fully saturated rings. The minimum absolute atomic E-state index is 0.236. The highest BCUT2D eigenvalue weighted by atomic mass is 16.5. The molecule has 1 atom stereocenters. The SMILES string of the molecule is C[C@]1(CCc2ccccc2)NC(=O)N(CC(=O)OCC(=O)N2CCCCCCC2)C1=O. The van der Waals surface area contributed by atoms with E-state index in [1.165, 1.54) is 6.42 Å². The predicted molar refractivity (Wildman–Crippen MR) is 114 cm³/mol. The quantitative estimate of drug-likeness (QED) is 0.530. The lowest BCUT2D eigenvalue weighted by Crippen LogP contribution is -2.45. The number of urea groups is 1. The molecule has 0 bridgehead atoms. The molecule has 0 radical (unpaired) electrons. The zero-order valence-electron chi connectivity index (χ0n) is 18.1. The Morgan fingerprint density at radius 1 is 1.03 bits per heavy atom. The molecule has 3 rings (SSSR count). The van der Waals surface area contributed by atoms with E-state index < -0.39 is 30.0 Å². The first kappa shape index (κ1) is 22.8. The lowest BCUT2D eigenvalue weighted by molar-refractivity contribution is -0.154. The second kappa shape index (κ2) is 10.4. The Bertz CT molecular complexity index is 805. The summed E-state index contributed by atoms with van der Waals surface area (Å²) in [5, 5.41) is 2.69. The molecule has 2 saturated heterocycles. The fourth-order valence-corrected chi connectivity index (χ4v) is 4.00. The summed E-state index contributed by atoms with van der Waals surface area (Å²) < 4.78 is 5.08. The molecule has 2 heterocycles. The molecule has 1 N–H and O–H groups in total. The van der Waals surface area contributed by atoms with Gasteiger partial charge in [0, 0.05) is 13.1 Å². The van der Waals surface area contributed by atoms with Crippen molar-refractivity contribution < 1.29 is 23.9 Å². The number of rotatable bonds is 7. The van der Waals surface area contributed by atoms with Crippen molar-refractivity contribution in [2.45, 2.75) is 57.4 Å². The van der Waals surface area contributed by atoms with Crippen LogP contribution in [-0.4, -0.2) is 65.4 Å². The van der Waals surface area contributed by atoms with Crippen LogP contribution in [0.2, 0.25) is 0 Å². The van der Waals surface area contributed by atoms with Gasteiger partial charge in [0.15, 0.2) is 6.61 Å². The summed E-state index contributed by atoms with van der Waals surface area (Å²) in [4.78, 5) is 52.3. The second-order valence-electron chi connectivity index (χ2n) is 8.45. The summed E-state index contributed by atoms with van der Waals surface area (Å²) in [5.41, 5.74) is -0.0144. The minimum atomic E-state index is -1.08. The van der Waals surface area contributed by atoms with Crippen LogP contribution in [0.4, 0.5) is 4.79 Å². The zero-order valence-corrected chi connectivity index (χ0v) is 18.1. The highest BCUT2D eigenvalue weighted by Crippen LogP contribution is 2.23. The van der Waals surface area contributed by atoms with E-state index in [1.807, 2.05) is 30.3 Å². The molecular formula is C23H31N3O5. The first-order valence-corrected chi connectivity index (χ1v) is 11.0. The molecule has 0 saturated carbocycles. The molecule has 2 aliphatic rings.